The molecular weight excluding hydrogens is 345 g/mol. The molecule has 2 aromatic carbocycles. The maximum absolute atomic E-state index is 12.1. The molecule has 0 spiro atoms. The highest BCUT2D eigenvalue weighted by Gasteiger charge is 2.10. The molecule has 126 valence electrons. The molecule has 0 fully saturated rings. The van der Waals surface area contributed by atoms with Gasteiger partial charge in [-0.15, -0.1) is 0 Å². The molecule has 5 heteroatoms. The van der Waals surface area contributed by atoms with Gasteiger partial charge in [0.2, 0.25) is 0 Å². The van der Waals surface area contributed by atoms with Crippen LogP contribution in [0, 0.1) is 0 Å². The molecule has 0 aliphatic rings. The average Bonchev–Trinajstić information content (AvgIpc) is 2.58. The molecular formula is C19H19Cl2NO2. The van der Waals surface area contributed by atoms with Crippen molar-refractivity contribution < 1.29 is 9.59 Å². The summed E-state index contributed by atoms with van der Waals surface area (Å²) in [5.74, 6) is 0.144. The maximum Gasteiger partial charge on any atom is 0.164 e. The van der Waals surface area contributed by atoms with E-state index in [4.69, 9.17) is 23.2 Å². The Morgan fingerprint density at radius 2 is 1.08 bits per heavy atom. The van der Waals surface area contributed by atoms with Gasteiger partial charge < -0.3 is 4.90 Å². The van der Waals surface area contributed by atoms with Crippen molar-refractivity contribution >= 4 is 34.8 Å². The Hall–Kier alpha value is -1.68. The largest absolute Gasteiger partial charge is 0.305 e. The van der Waals surface area contributed by atoms with E-state index >= 15 is 0 Å². The van der Waals surface area contributed by atoms with Crippen LogP contribution in [0.15, 0.2) is 48.5 Å². The van der Waals surface area contributed by atoms with Crippen molar-refractivity contribution in [1.29, 1.82) is 0 Å². The third kappa shape index (κ3) is 5.75. The fourth-order valence-electron chi connectivity index (χ4n) is 2.26. The highest BCUT2D eigenvalue weighted by molar-refractivity contribution is 6.31. The quantitative estimate of drug-likeness (QED) is 0.633. The molecule has 3 nitrogen and oxygen atoms in total. The number of Topliss-reactive ketones (excluding diaryl/α,β-unsaturated/α-hetero) is 2. The minimum atomic E-state index is 0.0718. The van der Waals surface area contributed by atoms with Crippen LogP contribution in [0.2, 0.25) is 10.0 Å². The van der Waals surface area contributed by atoms with Crippen LogP contribution in [0.5, 0.6) is 0 Å². The zero-order chi connectivity index (χ0) is 17.5. The number of ketones is 2. The highest BCUT2D eigenvalue weighted by Crippen LogP contribution is 2.13. The molecule has 0 unspecified atom stereocenters. The second-order valence-electron chi connectivity index (χ2n) is 5.66. The summed E-state index contributed by atoms with van der Waals surface area (Å²) >= 11 is 11.6. The average molecular weight is 364 g/mol. The highest BCUT2D eigenvalue weighted by atomic mass is 35.5. The van der Waals surface area contributed by atoms with Crippen molar-refractivity contribution in [3.05, 3.63) is 69.7 Å². The Bertz CT molecular complexity index is 635. The Morgan fingerprint density at radius 3 is 1.42 bits per heavy atom. The molecule has 24 heavy (non-hydrogen) atoms. The minimum absolute atomic E-state index is 0.0718. The fraction of sp³-hybridized carbons (Fsp3) is 0.263. The fourth-order valence-corrected chi connectivity index (χ4v) is 2.51. The van der Waals surface area contributed by atoms with Gasteiger partial charge in [-0.3, -0.25) is 9.59 Å². The van der Waals surface area contributed by atoms with Crippen LogP contribution in [0.25, 0.3) is 0 Å². The van der Waals surface area contributed by atoms with Crippen molar-refractivity contribution in [2.45, 2.75) is 12.8 Å². The van der Waals surface area contributed by atoms with Gasteiger partial charge in [-0.2, -0.15) is 0 Å². The first-order valence-electron chi connectivity index (χ1n) is 7.72. The third-order valence-electron chi connectivity index (χ3n) is 3.77. The molecule has 0 aliphatic heterocycles. The number of carbonyl (C=O) groups is 2. The number of hydrogen-bond donors (Lipinski definition) is 0. The predicted molar refractivity (Wildman–Crippen MR) is 98.3 cm³/mol. The van der Waals surface area contributed by atoms with Gasteiger partial charge in [0.15, 0.2) is 11.6 Å². The van der Waals surface area contributed by atoms with Crippen LogP contribution in [0.4, 0.5) is 0 Å². The number of hydrogen-bond acceptors (Lipinski definition) is 3. The van der Waals surface area contributed by atoms with Crippen molar-refractivity contribution in [3.63, 3.8) is 0 Å². The number of halogens is 2. The molecule has 0 heterocycles. The van der Waals surface area contributed by atoms with Crippen LogP contribution >= 0.6 is 23.2 Å². The predicted octanol–water partition coefficient (Wildman–Crippen LogP) is 4.77. The molecule has 0 radical (unpaired) electrons. The first-order valence-corrected chi connectivity index (χ1v) is 8.47. The van der Waals surface area contributed by atoms with Crippen molar-refractivity contribution in [2.24, 2.45) is 0 Å². The van der Waals surface area contributed by atoms with Gasteiger partial charge in [0.25, 0.3) is 0 Å². The van der Waals surface area contributed by atoms with E-state index in [1.807, 2.05) is 11.9 Å². The van der Waals surface area contributed by atoms with E-state index in [1.54, 1.807) is 48.5 Å². The van der Waals surface area contributed by atoms with Crippen LogP contribution in [0.1, 0.15) is 33.6 Å². The van der Waals surface area contributed by atoms with Crippen LogP contribution in [0.3, 0.4) is 0 Å². The van der Waals surface area contributed by atoms with Crippen molar-refractivity contribution in [1.82, 2.24) is 4.90 Å². The van der Waals surface area contributed by atoms with E-state index in [0.29, 0.717) is 47.1 Å². The van der Waals surface area contributed by atoms with E-state index in [9.17, 15) is 9.59 Å². The number of nitrogens with zero attached hydrogens (tertiary/aromatic N) is 1. The van der Waals surface area contributed by atoms with Crippen molar-refractivity contribution in [2.75, 3.05) is 20.1 Å². The lowest BCUT2D eigenvalue weighted by atomic mass is 10.1. The first kappa shape index (κ1) is 18.7. The van der Waals surface area contributed by atoms with Gasteiger partial charge in [0.1, 0.15) is 0 Å². The topological polar surface area (TPSA) is 37.4 Å². The van der Waals surface area contributed by atoms with Crippen LogP contribution < -0.4 is 0 Å². The Balaban J connectivity index is 1.75. The van der Waals surface area contributed by atoms with E-state index in [-0.39, 0.29) is 11.6 Å². The molecule has 0 saturated heterocycles. The summed E-state index contributed by atoms with van der Waals surface area (Å²) in [5, 5.41) is 1.23. The number of carbonyl (C=O) groups excluding carboxylic acids is 2. The van der Waals surface area contributed by atoms with E-state index in [2.05, 4.69) is 0 Å². The third-order valence-corrected chi connectivity index (χ3v) is 4.28. The van der Waals surface area contributed by atoms with Gasteiger partial charge in [-0.1, -0.05) is 23.2 Å². The van der Waals surface area contributed by atoms with Gasteiger partial charge in [0.05, 0.1) is 0 Å². The summed E-state index contributed by atoms with van der Waals surface area (Å²) in [6.07, 6.45) is 0.820. The lowest BCUT2D eigenvalue weighted by Crippen LogP contribution is -2.24. The van der Waals surface area contributed by atoms with Crippen LogP contribution in [-0.4, -0.2) is 36.6 Å². The van der Waals surface area contributed by atoms with Gasteiger partial charge >= 0.3 is 0 Å². The maximum atomic E-state index is 12.1. The first-order chi connectivity index (χ1) is 11.5. The van der Waals surface area contributed by atoms with E-state index in [1.165, 1.54) is 0 Å². The monoisotopic (exact) mass is 363 g/mol. The molecule has 2 rings (SSSR count). The zero-order valence-electron chi connectivity index (χ0n) is 13.5. The number of benzene rings is 2. The second-order valence-corrected chi connectivity index (χ2v) is 6.54. The normalized spacial score (nSPS) is 10.8. The summed E-state index contributed by atoms with van der Waals surface area (Å²) < 4.78 is 0. The summed E-state index contributed by atoms with van der Waals surface area (Å²) in [6, 6.07) is 13.8. The molecule has 2 aromatic rings. The molecule has 0 aliphatic carbocycles. The number of rotatable bonds is 8. The summed E-state index contributed by atoms with van der Waals surface area (Å²) in [7, 11) is 1.91. The second kappa shape index (κ2) is 8.97. The lowest BCUT2D eigenvalue weighted by Gasteiger charge is -2.15. The van der Waals surface area contributed by atoms with Crippen LogP contribution in [-0.2, 0) is 0 Å². The van der Waals surface area contributed by atoms with Gasteiger partial charge in [-0.05, 0) is 55.6 Å². The minimum Gasteiger partial charge on any atom is -0.305 e. The van der Waals surface area contributed by atoms with Crippen molar-refractivity contribution in [3.8, 4) is 0 Å². The molecule has 0 saturated carbocycles. The summed E-state index contributed by atoms with van der Waals surface area (Å²) in [6.45, 7) is 1.21. The van der Waals surface area contributed by atoms with E-state index < -0.39 is 0 Å². The molecule has 0 atom stereocenters. The zero-order valence-corrected chi connectivity index (χ0v) is 15.0. The van der Waals surface area contributed by atoms with Gasteiger partial charge in [0, 0.05) is 47.1 Å². The molecule has 0 amide bonds. The Kier molecular flexibility index (Phi) is 6.98. The SMILES string of the molecule is CN(CCC(=O)c1ccc(Cl)cc1)CCC(=O)c1ccc(Cl)cc1. The lowest BCUT2D eigenvalue weighted by molar-refractivity contribution is 0.0956. The Labute approximate surface area is 152 Å². The summed E-state index contributed by atoms with van der Waals surface area (Å²) in [4.78, 5) is 26.2. The molecule has 0 aromatic heterocycles. The Morgan fingerprint density at radius 1 is 0.750 bits per heavy atom. The molecule has 0 bridgehead atoms. The smallest absolute Gasteiger partial charge is 0.164 e. The standard InChI is InChI=1S/C19H19Cl2NO2/c1-22(12-10-18(23)14-2-6-16(20)7-3-14)13-11-19(24)15-4-8-17(21)9-5-15/h2-9H,10-13H2,1H3. The summed E-state index contributed by atoms with van der Waals surface area (Å²) in [5.41, 5.74) is 1.31. The van der Waals surface area contributed by atoms with E-state index in [0.717, 1.165) is 0 Å². The van der Waals surface area contributed by atoms with Gasteiger partial charge in [-0.25, -0.2) is 0 Å². The molecule has 0 N–H and O–H groups in total.